The van der Waals surface area contributed by atoms with E-state index in [9.17, 15) is 21.6 Å². The van der Waals surface area contributed by atoms with E-state index in [-0.39, 0.29) is 48.5 Å². The van der Waals surface area contributed by atoms with Crippen molar-refractivity contribution in [3.63, 3.8) is 0 Å². The van der Waals surface area contributed by atoms with Crippen molar-refractivity contribution in [1.29, 1.82) is 0 Å². The summed E-state index contributed by atoms with van der Waals surface area (Å²) in [5.74, 6) is 2.77. The Kier molecular flexibility index (Phi) is 17.2. The van der Waals surface area contributed by atoms with Crippen LogP contribution in [0.15, 0.2) is 119 Å². The summed E-state index contributed by atoms with van der Waals surface area (Å²) in [6.45, 7) is 1.59. The van der Waals surface area contributed by atoms with Gasteiger partial charge in [0.2, 0.25) is 0 Å². The lowest BCUT2D eigenvalue weighted by molar-refractivity contribution is 0.111. The van der Waals surface area contributed by atoms with Crippen LogP contribution in [0.3, 0.4) is 0 Å². The van der Waals surface area contributed by atoms with Crippen LogP contribution in [-0.2, 0) is 66.9 Å². The highest BCUT2D eigenvalue weighted by Gasteiger charge is 2.30. The lowest BCUT2D eigenvalue weighted by Gasteiger charge is -2.21. The number of methoxy groups -OCH3 is 4. The Labute approximate surface area is 375 Å². The van der Waals surface area contributed by atoms with Gasteiger partial charge < -0.3 is 24.1 Å². The molecule has 4 aromatic carbocycles. The third-order valence-corrected chi connectivity index (χ3v) is 13.5. The SMILES string of the molecule is COc1ccc(CN(Cc2ccc(OC)cc2)S(=O)(=O)c2cc(C=O)n(C)n2)cc1.COc1ccc(CN(Cc2ccc(OC)cc2)S(=O)(=O)c2cc(CN(C)CCO)n(C)n2)cc1. The van der Waals surface area contributed by atoms with E-state index in [1.165, 1.54) is 26.4 Å². The summed E-state index contributed by atoms with van der Waals surface area (Å²) >= 11 is 0. The van der Waals surface area contributed by atoms with Gasteiger partial charge in [0, 0.05) is 65.5 Å². The number of hydrogen-bond acceptors (Lipinski definition) is 13. The summed E-state index contributed by atoms with van der Waals surface area (Å²) < 4.78 is 80.5. The molecule has 0 radical (unpaired) electrons. The number of ether oxygens (including phenoxy) is 4. The number of carbonyl (C=O) groups excluding carboxylic acids is 1. The fourth-order valence-corrected chi connectivity index (χ4v) is 9.23. The van der Waals surface area contributed by atoms with Crippen LogP contribution in [0.2, 0.25) is 0 Å². The maximum atomic E-state index is 13.7. The van der Waals surface area contributed by atoms with Crippen molar-refractivity contribution < 1.29 is 45.7 Å². The van der Waals surface area contributed by atoms with Crippen molar-refractivity contribution in [2.45, 2.75) is 42.8 Å². The molecule has 2 aromatic heterocycles. The highest BCUT2D eigenvalue weighted by Crippen LogP contribution is 2.25. The number of aliphatic hydroxyl groups excluding tert-OH is 1. The molecule has 1 N–H and O–H groups in total. The lowest BCUT2D eigenvalue weighted by atomic mass is 10.2. The van der Waals surface area contributed by atoms with Crippen LogP contribution in [0.5, 0.6) is 23.0 Å². The Morgan fingerprint density at radius 1 is 0.547 bits per heavy atom. The fourth-order valence-electron chi connectivity index (χ4n) is 6.42. The van der Waals surface area contributed by atoms with Gasteiger partial charge in [0.05, 0.1) is 40.7 Å². The molecule has 17 nitrogen and oxygen atoms in total. The van der Waals surface area contributed by atoms with E-state index >= 15 is 0 Å². The van der Waals surface area contributed by atoms with Crippen molar-refractivity contribution in [2.75, 3.05) is 48.6 Å². The van der Waals surface area contributed by atoms with Crippen LogP contribution in [-0.4, -0.2) is 110 Å². The van der Waals surface area contributed by atoms with Crippen LogP contribution in [0.25, 0.3) is 0 Å². The highest BCUT2D eigenvalue weighted by molar-refractivity contribution is 7.89. The van der Waals surface area contributed by atoms with Crippen molar-refractivity contribution >= 4 is 26.3 Å². The van der Waals surface area contributed by atoms with Gasteiger partial charge in [-0.1, -0.05) is 48.5 Å². The number of aliphatic hydroxyl groups is 1. The van der Waals surface area contributed by atoms with E-state index in [0.717, 1.165) is 27.9 Å². The molecule has 64 heavy (non-hydrogen) atoms. The smallest absolute Gasteiger partial charge is 0.263 e. The molecule has 342 valence electrons. The minimum absolute atomic E-state index is 0.00979. The first-order valence-electron chi connectivity index (χ1n) is 20.0. The third kappa shape index (κ3) is 12.8. The van der Waals surface area contributed by atoms with Gasteiger partial charge in [-0.3, -0.25) is 19.1 Å². The van der Waals surface area contributed by atoms with E-state index in [4.69, 9.17) is 24.1 Å². The Morgan fingerprint density at radius 2 is 0.875 bits per heavy atom. The normalized spacial score (nSPS) is 11.7. The maximum absolute atomic E-state index is 13.7. The standard InChI is InChI=1S/C24H32N4O5S.C21H23N3O5S/c1-26(13-14-29)18-21-15-24(25-27(21)2)34(30,31)28(16-19-5-9-22(32-3)10-6-19)17-20-7-11-23(33-4)12-8-20;1-23-18(15-25)12-21(22-23)30(26,27)24(13-16-4-8-19(28-2)9-5-16)14-17-6-10-20(29-3)11-7-17/h5-12,15,29H,13-14,16-18H2,1-4H3;4-12,15H,13-14H2,1-3H3. The van der Waals surface area contributed by atoms with Gasteiger partial charge >= 0.3 is 0 Å². The summed E-state index contributed by atoms with van der Waals surface area (Å²) in [6.07, 6.45) is 0.573. The zero-order valence-electron chi connectivity index (χ0n) is 37.0. The monoisotopic (exact) mass is 917 g/mol. The summed E-state index contributed by atoms with van der Waals surface area (Å²) in [4.78, 5) is 13.0. The zero-order chi connectivity index (χ0) is 46.4. The van der Waals surface area contributed by atoms with Gasteiger partial charge in [0.15, 0.2) is 16.3 Å². The van der Waals surface area contributed by atoms with E-state index in [1.54, 1.807) is 70.5 Å². The number of likely N-dealkylation sites (N-methyl/N-ethyl adjacent to an activating group) is 1. The number of aldehydes is 1. The fraction of sp³-hybridized carbons (Fsp3) is 0.311. The molecule has 0 atom stereocenters. The molecule has 19 heteroatoms. The number of nitrogens with zero attached hydrogens (tertiary/aromatic N) is 7. The first kappa shape index (κ1) is 48.9. The van der Waals surface area contributed by atoms with Gasteiger partial charge in [-0.2, -0.15) is 18.8 Å². The summed E-state index contributed by atoms with van der Waals surface area (Å²) in [6, 6.07) is 31.9. The van der Waals surface area contributed by atoms with Crippen molar-refractivity contribution in [2.24, 2.45) is 14.1 Å². The Bertz CT molecular complexity index is 2540. The maximum Gasteiger partial charge on any atom is 0.263 e. The highest BCUT2D eigenvalue weighted by atomic mass is 32.2. The van der Waals surface area contributed by atoms with E-state index < -0.39 is 20.0 Å². The van der Waals surface area contributed by atoms with Crippen LogP contribution in [0, 0.1) is 0 Å². The van der Waals surface area contributed by atoms with Gasteiger partial charge in [0.25, 0.3) is 20.0 Å². The van der Waals surface area contributed by atoms with Gasteiger partial charge in [0.1, 0.15) is 28.7 Å². The van der Waals surface area contributed by atoms with Crippen LogP contribution >= 0.6 is 0 Å². The molecule has 0 bridgehead atoms. The molecule has 0 aliphatic rings. The van der Waals surface area contributed by atoms with Gasteiger partial charge in [-0.05, 0) is 77.8 Å². The molecule has 0 amide bonds. The summed E-state index contributed by atoms with van der Waals surface area (Å²) in [7, 11) is 3.56. The first-order chi connectivity index (χ1) is 30.6. The minimum atomic E-state index is -3.96. The summed E-state index contributed by atoms with van der Waals surface area (Å²) in [5.41, 5.74) is 4.16. The molecule has 0 aliphatic carbocycles. The number of aromatic nitrogens is 4. The van der Waals surface area contributed by atoms with Crippen LogP contribution in [0.4, 0.5) is 0 Å². The van der Waals surface area contributed by atoms with E-state index in [1.807, 2.05) is 84.7 Å². The Hall–Kier alpha value is -6.09. The van der Waals surface area contributed by atoms with Crippen molar-refractivity contribution in [3.8, 4) is 23.0 Å². The average Bonchev–Trinajstić information content (AvgIpc) is 3.88. The van der Waals surface area contributed by atoms with Crippen molar-refractivity contribution in [3.05, 3.63) is 143 Å². The van der Waals surface area contributed by atoms with Crippen LogP contribution in [0.1, 0.15) is 38.4 Å². The van der Waals surface area contributed by atoms with E-state index in [2.05, 4.69) is 10.2 Å². The molecule has 0 unspecified atom stereocenters. The van der Waals surface area contributed by atoms with Crippen LogP contribution < -0.4 is 18.9 Å². The average molecular weight is 918 g/mol. The topological polar surface area (TPSA) is 188 Å². The lowest BCUT2D eigenvalue weighted by Crippen LogP contribution is -2.30. The predicted octanol–water partition coefficient (Wildman–Crippen LogP) is 4.89. The van der Waals surface area contributed by atoms with Gasteiger partial charge in [-0.25, -0.2) is 16.8 Å². The number of hydrogen-bond donors (Lipinski definition) is 1. The molecule has 0 aliphatic heterocycles. The second kappa shape index (κ2) is 22.5. The number of carbonyl (C=O) groups is 1. The van der Waals surface area contributed by atoms with E-state index in [0.29, 0.717) is 42.4 Å². The Morgan fingerprint density at radius 3 is 1.17 bits per heavy atom. The minimum Gasteiger partial charge on any atom is -0.497 e. The molecule has 6 rings (SSSR count). The first-order valence-corrected chi connectivity index (χ1v) is 22.9. The molecule has 0 saturated heterocycles. The summed E-state index contributed by atoms with van der Waals surface area (Å²) in [5, 5.41) is 17.3. The number of benzene rings is 4. The molecule has 0 spiro atoms. The second-order valence-electron chi connectivity index (χ2n) is 14.6. The quantitative estimate of drug-likeness (QED) is 0.0963. The number of rotatable bonds is 21. The third-order valence-electron chi connectivity index (χ3n) is 10.2. The van der Waals surface area contributed by atoms with Crippen molar-refractivity contribution in [1.82, 2.24) is 33.1 Å². The second-order valence-corrected chi connectivity index (χ2v) is 18.4. The molecule has 0 fully saturated rings. The van der Waals surface area contributed by atoms with Gasteiger partial charge in [-0.15, -0.1) is 0 Å². The largest absolute Gasteiger partial charge is 0.497 e. The Balaban J connectivity index is 0.000000243. The molecule has 0 saturated carbocycles. The number of sulfonamides is 2. The predicted molar refractivity (Wildman–Crippen MR) is 240 cm³/mol. The molecular weight excluding hydrogens is 863 g/mol. The zero-order valence-corrected chi connectivity index (χ0v) is 38.6. The molecule has 6 aromatic rings. The molecular formula is C45H55N7O10S2. The number of aryl methyl sites for hydroxylation is 2. The molecule has 2 heterocycles.